The third-order valence-corrected chi connectivity index (χ3v) is 6.34. The summed E-state index contributed by atoms with van der Waals surface area (Å²) < 4.78 is 6.33. The number of nitrogens with zero attached hydrogens (tertiary/aromatic N) is 3. The summed E-state index contributed by atoms with van der Waals surface area (Å²) in [6.07, 6.45) is 0.618. The monoisotopic (exact) mass is 497 g/mol. The van der Waals surface area contributed by atoms with Crippen molar-refractivity contribution in [2.45, 2.75) is 12.8 Å². The Morgan fingerprint density at radius 3 is 2.47 bits per heavy atom. The Labute approximate surface area is 211 Å². The molecule has 0 amide bonds. The molecule has 36 heavy (non-hydrogen) atoms. The molecule has 2 aromatic heterocycles. The van der Waals surface area contributed by atoms with Crippen LogP contribution in [0.5, 0.6) is 5.75 Å². The van der Waals surface area contributed by atoms with Crippen molar-refractivity contribution in [2.24, 2.45) is 0 Å². The Morgan fingerprint density at radius 2 is 1.72 bits per heavy atom. The molecule has 0 saturated carbocycles. The minimum absolute atomic E-state index is 0.0224. The second-order valence-corrected chi connectivity index (χ2v) is 9.13. The minimum atomic E-state index is -0.864. The Kier molecular flexibility index (Phi) is 6.72. The number of benzene rings is 3. The van der Waals surface area contributed by atoms with E-state index in [1.807, 2.05) is 54.6 Å². The van der Waals surface area contributed by atoms with Crippen LogP contribution in [0, 0.1) is 0 Å². The van der Waals surface area contributed by atoms with Gasteiger partial charge >= 0.3 is 5.97 Å². The van der Waals surface area contributed by atoms with Crippen molar-refractivity contribution in [1.29, 1.82) is 0 Å². The number of fused-ring (bicyclic) bond motifs is 1. The number of hydrogen-bond acceptors (Lipinski definition) is 8. The zero-order chi connectivity index (χ0) is 24.9. The number of ether oxygens (including phenoxy) is 1. The lowest BCUT2D eigenvalue weighted by atomic mass is 10.1. The molecule has 9 heteroatoms. The molecule has 0 aliphatic carbocycles. The summed E-state index contributed by atoms with van der Waals surface area (Å²) in [6.45, 7) is 0. The number of anilines is 4. The van der Waals surface area contributed by atoms with Crippen LogP contribution in [0.25, 0.3) is 10.2 Å². The molecule has 180 valence electrons. The van der Waals surface area contributed by atoms with Crippen LogP contribution >= 0.6 is 11.3 Å². The lowest BCUT2D eigenvalue weighted by Crippen LogP contribution is -2.05. The topological polar surface area (TPSA) is 109 Å². The van der Waals surface area contributed by atoms with Gasteiger partial charge in [-0.25, -0.2) is 9.97 Å². The quantitative estimate of drug-likeness (QED) is 0.234. The molecule has 0 bridgehead atoms. The van der Waals surface area contributed by atoms with E-state index in [1.54, 1.807) is 19.2 Å². The molecule has 3 aromatic carbocycles. The number of aliphatic carboxylic acids is 1. The second-order valence-electron chi connectivity index (χ2n) is 8.10. The van der Waals surface area contributed by atoms with Crippen LogP contribution in [0.2, 0.25) is 0 Å². The van der Waals surface area contributed by atoms with E-state index in [0.717, 1.165) is 38.5 Å². The molecule has 0 unspecified atom stereocenters. The van der Waals surface area contributed by atoms with E-state index in [1.165, 1.54) is 11.3 Å². The van der Waals surface area contributed by atoms with Crippen LogP contribution in [0.4, 0.5) is 22.6 Å². The van der Waals surface area contributed by atoms with E-state index in [-0.39, 0.29) is 6.42 Å². The zero-order valence-electron chi connectivity index (χ0n) is 19.4. The molecule has 0 aliphatic heterocycles. The number of carboxylic acid groups (broad SMARTS) is 1. The van der Waals surface area contributed by atoms with E-state index in [9.17, 15) is 4.79 Å². The van der Waals surface area contributed by atoms with Gasteiger partial charge in [0.15, 0.2) is 5.13 Å². The highest BCUT2D eigenvalue weighted by Crippen LogP contribution is 2.31. The molecule has 0 saturated heterocycles. The summed E-state index contributed by atoms with van der Waals surface area (Å²) >= 11 is 1.52. The number of methoxy groups -OCH3 is 1. The van der Waals surface area contributed by atoms with Gasteiger partial charge in [0.2, 0.25) is 5.95 Å². The summed E-state index contributed by atoms with van der Waals surface area (Å²) in [5.74, 6) is 0.967. The van der Waals surface area contributed by atoms with Crippen molar-refractivity contribution in [3.05, 3.63) is 95.7 Å². The average molecular weight is 498 g/mol. The average Bonchev–Trinajstić information content (AvgIpc) is 3.26. The van der Waals surface area contributed by atoms with Gasteiger partial charge in [0.05, 0.1) is 29.4 Å². The molecule has 8 nitrogen and oxygen atoms in total. The maximum Gasteiger partial charge on any atom is 0.307 e. The van der Waals surface area contributed by atoms with Crippen LogP contribution in [0.1, 0.15) is 16.8 Å². The normalized spacial score (nSPS) is 10.8. The molecule has 5 aromatic rings. The molecule has 0 atom stereocenters. The molecule has 0 aliphatic rings. The van der Waals surface area contributed by atoms with Gasteiger partial charge in [0, 0.05) is 18.2 Å². The standard InChI is InChI=1S/C27H23N5O3S/c1-35-21-11-12-22-23(16-21)36-27(30-22)32-24-15-20(13-17-5-3-2-4-6-17)29-26(31-24)28-19-9-7-18(8-10-19)14-25(33)34/h2-12,15-16H,13-14H2,1H3,(H,33,34)(H2,28,29,30,31,32). The van der Waals surface area contributed by atoms with E-state index < -0.39 is 5.97 Å². The lowest BCUT2D eigenvalue weighted by molar-refractivity contribution is -0.136. The predicted octanol–water partition coefficient (Wildman–Crippen LogP) is 5.80. The summed E-state index contributed by atoms with van der Waals surface area (Å²) in [7, 11) is 1.64. The fraction of sp³-hybridized carbons (Fsp3) is 0.111. The van der Waals surface area contributed by atoms with Crippen molar-refractivity contribution in [3.63, 3.8) is 0 Å². The molecule has 0 spiro atoms. The maximum atomic E-state index is 11.0. The van der Waals surface area contributed by atoms with E-state index >= 15 is 0 Å². The third-order valence-electron chi connectivity index (χ3n) is 5.40. The van der Waals surface area contributed by atoms with Gasteiger partial charge in [-0.2, -0.15) is 4.98 Å². The molecule has 0 fully saturated rings. The zero-order valence-corrected chi connectivity index (χ0v) is 20.2. The summed E-state index contributed by atoms with van der Waals surface area (Å²) in [5, 5.41) is 16.3. The SMILES string of the molecule is COc1ccc2nc(Nc3cc(Cc4ccccc4)nc(Nc4ccc(CC(=O)O)cc4)n3)sc2c1. The van der Waals surface area contributed by atoms with Gasteiger partial charge in [-0.05, 0) is 41.5 Å². The summed E-state index contributed by atoms with van der Waals surface area (Å²) in [5.41, 5.74) is 4.34. The van der Waals surface area contributed by atoms with Crippen molar-refractivity contribution >= 4 is 50.1 Å². The Morgan fingerprint density at radius 1 is 0.917 bits per heavy atom. The number of aromatic nitrogens is 3. The largest absolute Gasteiger partial charge is 0.497 e. The number of carboxylic acids is 1. The van der Waals surface area contributed by atoms with Gasteiger partial charge < -0.3 is 20.5 Å². The number of carbonyl (C=O) groups is 1. The van der Waals surface area contributed by atoms with E-state index in [2.05, 4.69) is 32.7 Å². The number of thiazole rings is 1. The molecule has 0 radical (unpaired) electrons. The highest BCUT2D eigenvalue weighted by Gasteiger charge is 2.11. The third kappa shape index (κ3) is 5.76. The van der Waals surface area contributed by atoms with Crippen molar-refractivity contribution in [3.8, 4) is 5.75 Å². The Bertz CT molecular complexity index is 1500. The van der Waals surface area contributed by atoms with E-state index in [4.69, 9.17) is 14.8 Å². The highest BCUT2D eigenvalue weighted by molar-refractivity contribution is 7.22. The maximum absolute atomic E-state index is 11.0. The Hall–Kier alpha value is -4.50. The van der Waals surface area contributed by atoms with Crippen molar-refractivity contribution < 1.29 is 14.6 Å². The first-order valence-electron chi connectivity index (χ1n) is 11.3. The van der Waals surface area contributed by atoms with Gasteiger partial charge in [-0.1, -0.05) is 53.8 Å². The van der Waals surface area contributed by atoms with Gasteiger partial charge in [-0.15, -0.1) is 0 Å². The van der Waals surface area contributed by atoms with Crippen LogP contribution in [0.3, 0.4) is 0 Å². The lowest BCUT2D eigenvalue weighted by Gasteiger charge is -2.11. The number of hydrogen-bond donors (Lipinski definition) is 3. The van der Waals surface area contributed by atoms with Crippen molar-refractivity contribution in [2.75, 3.05) is 17.7 Å². The first kappa shape index (κ1) is 23.3. The predicted molar refractivity (Wildman–Crippen MR) is 142 cm³/mol. The fourth-order valence-electron chi connectivity index (χ4n) is 3.72. The molecular weight excluding hydrogens is 474 g/mol. The summed E-state index contributed by atoms with van der Waals surface area (Å²) in [4.78, 5) is 25.0. The van der Waals surface area contributed by atoms with Crippen LogP contribution < -0.4 is 15.4 Å². The van der Waals surface area contributed by atoms with Gasteiger partial charge in [0.25, 0.3) is 0 Å². The van der Waals surface area contributed by atoms with Crippen molar-refractivity contribution in [1.82, 2.24) is 15.0 Å². The smallest absolute Gasteiger partial charge is 0.307 e. The Balaban J connectivity index is 1.43. The number of rotatable bonds is 9. The van der Waals surface area contributed by atoms with Gasteiger partial charge in [0.1, 0.15) is 11.6 Å². The molecule has 3 N–H and O–H groups in total. The molecule has 2 heterocycles. The first-order chi connectivity index (χ1) is 17.5. The molecular formula is C27H23N5O3S. The highest BCUT2D eigenvalue weighted by atomic mass is 32.1. The van der Waals surface area contributed by atoms with Crippen LogP contribution in [-0.4, -0.2) is 33.1 Å². The molecule has 5 rings (SSSR count). The van der Waals surface area contributed by atoms with Crippen LogP contribution in [-0.2, 0) is 17.6 Å². The second kappa shape index (κ2) is 10.4. The minimum Gasteiger partial charge on any atom is -0.497 e. The summed E-state index contributed by atoms with van der Waals surface area (Å²) in [6, 6.07) is 25.0. The fourth-order valence-corrected chi connectivity index (χ4v) is 4.62. The van der Waals surface area contributed by atoms with Gasteiger partial charge in [-0.3, -0.25) is 4.79 Å². The first-order valence-corrected chi connectivity index (χ1v) is 12.1. The van der Waals surface area contributed by atoms with E-state index in [0.29, 0.717) is 23.3 Å². The number of nitrogens with one attached hydrogen (secondary N) is 2. The van der Waals surface area contributed by atoms with Crippen LogP contribution in [0.15, 0.2) is 78.9 Å².